The molecule has 7 nitrogen and oxygen atoms in total. The summed E-state index contributed by atoms with van der Waals surface area (Å²) in [5.74, 6) is -0.664. The third-order valence-corrected chi connectivity index (χ3v) is 5.97. The maximum Gasteiger partial charge on any atom is 0.339 e. The summed E-state index contributed by atoms with van der Waals surface area (Å²) in [6.07, 6.45) is 0.138. The molecular formula is C24H27N3O4. The fraction of sp³-hybridized carbons (Fsp3) is 0.375. The molecule has 0 radical (unpaired) electrons. The van der Waals surface area contributed by atoms with Crippen LogP contribution in [0.15, 0.2) is 48.5 Å². The zero-order valence-corrected chi connectivity index (χ0v) is 17.9. The van der Waals surface area contributed by atoms with Gasteiger partial charge in [-0.15, -0.1) is 0 Å². The second kappa shape index (κ2) is 8.89. The van der Waals surface area contributed by atoms with Crippen LogP contribution in [0, 0.1) is 0 Å². The lowest BCUT2D eigenvalue weighted by Gasteiger charge is -2.33. The number of amides is 2. The zero-order valence-electron chi connectivity index (χ0n) is 17.9. The van der Waals surface area contributed by atoms with Crippen LogP contribution in [0.25, 0.3) is 0 Å². The minimum atomic E-state index is -0.382. The summed E-state index contributed by atoms with van der Waals surface area (Å²) in [5.41, 5.74) is 2.66. The monoisotopic (exact) mass is 421 g/mol. The van der Waals surface area contributed by atoms with Crippen LogP contribution in [0.5, 0.6) is 0 Å². The van der Waals surface area contributed by atoms with Gasteiger partial charge >= 0.3 is 5.97 Å². The predicted octanol–water partition coefficient (Wildman–Crippen LogP) is 1.99. The molecular weight excluding hydrogens is 394 g/mol. The third-order valence-electron chi connectivity index (χ3n) is 5.97. The maximum absolute atomic E-state index is 13.0. The molecule has 31 heavy (non-hydrogen) atoms. The highest BCUT2D eigenvalue weighted by molar-refractivity contribution is 5.99. The Morgan fingerprint density at radius 2 is 1.77 bits per heavy atom. The van der Waals surface area contributed by atoms with Crippen LogP contribution >= 0.6 is 0 Å². The molecule has 1 saturated heterocycles. The molecule has 2 aliphatic heterocycles. The van der Waals surface area contributed by atoms with Crippen molar-refractivity contribution in [2.24, 2.45) is 0 Å². The van der Waals surface area contributed by atoms with Crippen LogP contribution in [-0.4, -0.2) is 79.3 Å². The number of hydrogen-bond acceptors (Lipinski definition) is 5. The summed E-state index contributed by atoms with van der Waals surface area (Å²) >= 11 is 0. The van der Waals surface area contributed by atoms with E-state index >= 15 is 0 Å². The molecule has 1 atom stereocenters. The van der Waals surface area contributed by atoms with E-state index in [0.29, 0.717) is 30.6 Å². The largest absolute Gasteiger partial charge is 0.454 e. The van der Waals surface area contributed by atoms with Crippen molar-refractivity contribution < 1.29 is 19.1 Å². The number of piperazine rings is 1. The molecule has 0 aromatic heterocycles. The molecule has 0 N–H and O–H groups in total. The van der Waals surface area contributed by atoms with Gasteiger partial charge in [0.25, 0.3) is 5.91 Å². The average Bonchev–Trinajstić information content (AvgIpc) is 2.79. The van der Waals surface area contributed by atoms with Gasteiger partial charge in [-0.3, -0.25) is 9.59 Å². The average molecular weight is 421 g/mol. The van der Waals surface area contributed by atoms with E-state index in [9.17, 15) is 14.4 Å². The number of ether oxygens (including phenoxy) is 1. The standard InChI is InChI=1S/C24H27N3O4/c1-25-10-12-27(13-11-25)22(28)16-26(2)23(29)18-8-9-20-19(14-18)15-21(31-24(20)30)17-6-4-3-5-7-17/h3-9,14,21H,10-13,15-16H2,1-2H3. The number of rotatable bonds is 4. The highest BCUT2D eigenvalue weighted by Crippen LogP contribution is 2.31. The van der Waals surface area contributed by atoms with Crippen molar-refractivity contribution in [2.75, 3.05) is 46.8 Å². The Balaban J connectivity index is 1.46. The molecule has 1 unspecified atom stereocenters. The van der Waals surface area contributed by atoms with Gasteiger partial charge in [0.15, 0.2) is 0 Å². The van der Waals surface area contributed by atoms with Gasteiger partial charge in [0.05, 0.1) is 12.1 Å². The number of carbonyl (C=O) groups is 3. The van der Waals surface area contributed by atoms with Crippen molar-refractivity contribution in [1.29, 1.82) is 0 Å². The number of esters is 1. The smallest absolute Gasteiger partial charge is 0.339 e. The second-order valence-corrected chi connectivity index (χ2v) is 8.23. The molecule has 7 heteroatoms. The number of carbonyl (C=O) groups excluding carboxylic acids is 3. The van der Waals surface area contributed by atoms with Gasteiger partial charge in [0.2, 0.25) is 5.91 Å². The van der Waals surface area contributed by atoms with Crippen LogP contribution in [0.1, 0.15) is 37.9 Å². The zero-order chi connectivity index (χ0) is 22.0. The Labute approximate surface area is 182 Å². The van der Waals surface area contributed by atoms with Crippen molar-refractivity contribution in [3.63, 3.8) is 0 Å². The number of hydrogen-bond donors (Lipinski definition) is 0. The van der Waals surface area contributed by atoms with Gasteiger partial charge in [-0.2, -0.15) is 0 Å². The first-order valence-electron chi connectivity index (χ1n) is 10.5. The van der Waals surface area contributed by atoms with Crippen molar-refractivity contribution in [2.45, 2.75) is 12.5 Å². The Hall–Kier alpha value is -3.19. The maximum atomic E-state index is 13.0. The molecule has 0 bridgehead atoms. The quantitative estimate of drug-likeness (QED) is 0.706. The van der Waals surface area contributed by atoms with Crippen LogP contribution in [0.3, 0.4) is 0 Å². The summed E-state index contributed by atoms with van der Waals surface area (Å²) in [4.78, 5) is 43.4. The second-order valence-electron chi connectivity index (χ2n) is 8.23. The van der Waals surface area contributed by atoms with E-state index in [4.69, 9.17) is 4.74 Å². The molecule has 0 spiro atoms. The predicted molar refractivity (Wildman–Crippen MR) is 116 cm³/mol. The van der Waals surface area contributed by atoms with E-state index in [2.05, 4.69) is 4.90 Å². The summed E-state index contributed by atoms with van der Waals surface area (Å²) in [5, 5.41) is 0. The Kier molecular flexibility index (Phi) is 6.04. The lowest BCUT2D eigenvalue weighted by atomic mass is 9.93. The van der Waals surface area contributed by atoms with Gasteiger partial charge in [0, 0.05) is 45.2 Å². The highest BCUT2D eigenvalue weighted by Gasteiger charge is 2.29. The van der Waals surface area contributed by atoms with E-state index in [0.717, 1.165) is 24.2 Å². The van der Waals surface area contributed by atoms with Crippen LogP contribution in [0.2, 0.25) is 0 Å². The number of fused-ring (bicyclic) bond motifs is 1. The van der Waals surface area contributed by atoms with Gasteiger partial charge in [0.1, 0.15) is 6.10 Å². The van der Waals surface area contributed by atoms with Crippen LogP contribution < -0.4 is 0 Å². The first-order valence-corrected chi connectivity index (χ1v) is 10.5. The first kappa shape index (κ1) is 21.1. The summed E-state index contributed by atoms with van der Waals surface area (Å²) in [6.45, 7) is 3.08. The number of likely N-dealkylation sites (N-methyl/N-ethyl adjacent to an activating group) is 2. The summed E-state index contributed by atoms with van der Waals surface area (Å²) in [7, 11) is 3.67. The van der Waals surface area contributed by atoms with Crippen molar-refractivity contribution in [1.82, 2.24) is 14.7 Å². The van der Waals surface area contributed by atoms with Crippen LogP contribution in [0.4, 0.5) is 0 Å². The molecule has 2 aliphatic rings. The molecule has 162 valence electrons. The topological polar surface area (TPSA) is 70.2 Å². The minimum absolute atomic E-state index is 0.0360. The summed E-state index contributed by atoms with van der Waals surface area (Å²) in [6, 6.07) is 14.6. The Bertz CT molecular complexity index is 984. The molecule has 2 aromatic carbocycles. The Morgan fingerprint density at radius 3 is 2.48 bits per heavy atom. The fourth-order valence-corrected chi connectivity index (χ4v) is 4.03. The van der Waals surface area contributed by atoms with Gasteiger partial charge in [-0.1, -0.05) is 30.3 Å². The first-order chi connectivity index (χ1) is 14.9. The highest BCUT2D eigenvalue weighted by atomic mass is 16.5. The lowest BCUT2D eigenvalue weighted by Crippen LogP contribution is -2.50. The number of cyclic esters (lactones) is 1. The van der Waals surface area contributed by atoms with Crippen molar-refractivity contribution in [3.8, 4) is 0 Å². The Morgan fingerprint density at radius 1 is 1.06 bits per heavy atom. The van der Waals surface area contributed by atoms with Crippen LogP contribution in [-0.2, 0) is 16.0 Å². The SMILES string of the molecule is CN1CCN(C(=O)CN(C)C(=O)c2ccc3c(c2)CC(c2ccccc2)OC3=O)CC1. The van der Waals surface area contributed by atoms with E-state index in [1.165, 1.54) is 4.90 Å². The molecule has 1 fully saturated rings. The van der Waals surface area contributed by atoms with Crippen molar-refractivity contribution >= 4 is 17.8 Å². The lowest BCUT2D eigenvalue weighted by molar-refractivity contribution is -0.133. The van der Waals surface area contributed by atoms with E-state index in [1.54, 1.807) is 30.1 Å². The number of benzene rings is 2. The molecule has 0 saturated carbocycles. The molecule has 2 amide bonds. The van der Waals surface area contributed by atoms with Crippen molar-refractivity contribution in [3.05, 3.63) is 70.8 Å². The molecule has 0 aliphatic carbocycles. The fourth-order valence-electron chi connectivity index (χ4n) is 4.03. The third kappa shape index (κ3) is 4.61. The number of nitrogens with zero attached hydrogens (tertiary/aromatic N) is 3. The van der Waals surface area contributed by atoms with E-state index < -0.39 is 0 Å². The normalized spacial score (nSPS) is 18.8. The summed E-state index contributed by atoms with van der Waals surface area (Å²) < 4.78 is 5.59. The van der Waals surface area contributed by atoms with E-state index in [1.807, 2.05) is 37.4 Å². The molecule has 4 rings (SSSR count). The van der Waals surface area contributed by atoms with Gasteiger partial charge in [-0.25, -0.2) is 4.79 Å². The molecule has 2 aromatic rings. The molecule has 2 heterocycles. The minimum Gasteiger partial charge on any atom is -0.454 e. The van der Waals surface area contributed by atoms with E-state index in [-0.39, 0.29) is 30.4 Å². The van der Waals surface area contributed by atoms with Gasteiger partial charge < -0.3 is 19.4 Å². The van der Waals surface area contributed by atoms with Gasteiger partial charge in [-0.05, 0) is 36.4 Å².